The van der Waals surface area contributed by atoms with E-state index in [-0.39, 0.29) is 30.2 Å². The molecular weight excluding hydrogens is 313 g/mol. The maximum Gasteiger partial charge on any atom is 0.249 e. The second-order valence-electron chi connectivity index (χ2n) is 6.03. The Balaban J connectivity index is 2.28. The van der Waals surface area contributed by atoms with E-state index < -0.39 is 5.82 Å². The quantitative estimate of drug-likeness (QED) is 0.810. The summed E-state index contributed by atoms with van der Waals surface area (Å²) in [4.78, 5) is 14.3. The third-order valence-electron chi connectivity index (χ3n) is 3.56. The van der Waals surface area contributed by atoms with Crippen LogP contribution in [0, 0.1) is 5.82 Å². The Labute approximate surface area is 140 Å². The van der Waals surface area contributed by atoms with Crippen molar-refractivity contribution in [3.8, 4) is 5.75 Å². The van der Waals surface area contributed by atoms with Crippen molar-refractivity contribution in [2.24, 2.45) is 0 Å². The summed E-state index contributed by atoms with van der Waals surface area (Å²) in [5, 5.41) is 11.4. The molecule has 1 aromatic carbocycles. The SMILES string of the molecule is COc1ccc(N(C(=O)Cn2nnnc2C(C)C)C(C)C)cc1F. The smallest absolute Gasteiger partial charge is 0.249 e. The number of carbonyl (C=O) groups is 1. The van der Waals surface area contributed by atoms with Gasteiger partial charge in [-0.05, 0) is 36.4 Å². The van der Waals surface area contributed by atoms with Crippen molar-refractivity contribution in [2.75, 3.05) is 12.0 Å². The lowest BCUT2D eigenvalue weighted by atomic mass is 10.2. The first-order valence-electron chi connectivity index (χ1n) is 7.76. The molecule has 0 aliphatic heterocycles. The van der Waals surface area contributed by atoms with Gasteiger partial charge in [0.1, 0.15) is 6.54 Å². The summed E-state index contributed by atoms with van der Waals surface area (Å²) in [5.74, 6) is 0.131. The van der Waals surface area contributed by atoms with E-state index in [1.165, 1.54) is 28.8 Å². The minimum Gasteiger partial charge on any atom is -0.494 e. The number of halogens is 1. The number of aromatic nitrogens is 4. The molecule has 0 unspecified atom stereocenters. The van der Waals surface area contributed by atoms with Gasteiger partial charge in [0.15, 0.2) is 17.4 Å². The van der Waals surface area contributed by atoms with Crippen molar-refractivity contribution in [1.29, 1.82) is 0 Å². The van der Waals surface area contributed by atoms with Gasteiger partial charge < -0.3 is 9.64 Å². The van der Waals surface area contributed by atoms with Crippen LogP contribution < -0.4 is 9.64 Å². The van der Waals surface area contributed by atoms with Crippen molar-refractivity contribution in [2.45, 2.75) is 46.2 Å². The van der Waals surface area contributed by atoms with Gasteiger partial charge in [-0.15, -0.1) is 5.10 Å². The summed E-state index contributed by atoms with van der Waals surface area (Å²) in [6.45, 7) is 7.62. The number of tetrazole rings is 1. The van der Waals surface area contributed by atoms with Crippen molar-refractivity contribution in [3.05, 3.63) is 29.8 Å². The fraction of sp³-hybridized carbons (Fsp3) is 0.500. The number of ether oxygens (including phenoxy) is 1. The van der Waals surface area contributed by atoms with Crippen LogP contribution in [0.25, 0.3) is 0 Å². The molecule has 2 aromatic rings. The first kappa shape index (κ1) is 17.8. The molecule has 1 heterocycles. The molecule has 24 heavy (non-hydrogen) atoms. The van der Waals surface area contributed by atoms with E-state index in [0.29, 0.717) is 11.5 Å². The molecule has 0 aliphatic rings. The van der Waals surface area contributed by atoms with E-state index in [0.717, 1.165) is 0 Å². The van der Waals surface area contributed by atoms with Gasteiger partial charge >= 0.3 is 0 Å². The molecule has 0 spiro atoms. The van der Waals surface area contributed by atoms with E-state index in [2.05, 4.69) is 15.5 Å². The average molecular weight is 335 g/mol. The Morgan fingerprint density at radius 3 is 2.58 bits per heavy atom. The standard InChI is InChI=1S/C16H22FN5O2/c1-10(2)16-18-19-20-21(16)9-15(23)22(11(3)4)12-6-7-14(24-5)13(17)8-12/h6-8,10-11H,9H2,1-5H3. The predicted molar refractivity (Wildman–Crippen MR) is 87.5 cm³/mol. The lowest BCUT2D eigenvalue weighted by Crippen LogP contribution is -2.39. The minimum atomic E-state index is -0.515. The Morgan fingerprint density at radius 2 is 2.04 bits per heavy atom. The summed E-state index contributed by atoms with van der Waals surface area (Å²) < 4.78 is 20.4. The zero-order valence-corrected chi connectivity index (χ0v) is 14.5. The Bertz CT molecular complexity index is 714. The van der Waals surface area contributed by atoms with Gasteiger partial charge in [0.2, 0.25) is 5.91 Å². The van der Waals surface area contributed by atoms with Gasteiger partial charge in [-0.25, -0.2) is 9.07 Å². The molecule has 130 valence electrons. The first-order chi connectivity index (χ1) is 11.3. The molecule has 1 amide bonds. The van der Waals surface area contributed by atoms with Crippen molar-refractivity contribution >= 4 is 11.6 Å². The van der Waals surface area contributed by atoms with Crippen LogP contribution >= 0.6 is 0 Å². The highest BCUT2D eigenvalue weighted by Crippen LogP contribution is 2.25. The maximum atomic E-state index is 14.0. The normalized spacial score (nSPS) is 11.2. The lowest BCUT2D eigenvalue weighted by molar-refractivity contribution is -0.119. The number of nitrogens with zero attached hydrogens (tertiary/aromatic N) is 5. The second-order valence-corrected chi connectivity index (χ2v) is 6.03. The molecular formula is C16H22FN5O2. The van der Waals surface area contributed by atoms with Crippen LogP contribution in [-0.2, 0) is 11.3 Å². The number of anilines is 1. The molecule has 0 radical (unpaired) electrons. The summed E-state index contributed by atoms with van der Waals surface area (Å²) >= 11 is 0. The van der Waals surface area contributed by atoms with Gasteiger partial charge in [-0.1, -0.05) is 13.8 Å². The van der Waals surface area contributed by atoms with Crippen LogP contribution in [-0.4, -0.2) is 39.3 Å². The number of benzene rings is 1. The van der Waals surface area contributed by atoms with Crippen LogP contribution in [0.3, 0.4) is 0 Å². The largest absolute Gasteiger partial charge is 0.494 e. The molecule has 1 aromatic heterocycles. The Morgan fingerprint density at radius 1 is 1.33 bits per heavy atom. The van der Waals surface area contributed by atoms with Gasteiger partial charge in [0.25, 0.3) is 0 Å². The molecule has 2 rings (SSSR count). The van der Waals surface area contributed by atoms with E-state index in [1.807, 2.05) is 27.7 Å². The summed E-state index contributed by atoms with van der Waals surface area (Å²) in [5.41, 5.74) is 0.465. The van der Waals surface area contributed by atoms with Crippen molar-refractivity contribution in [3.63, 3.8) is 0 Å². The van der Waals surface area contributed by atoms with E-state index >= 15 is 0 Å². The zero-order chi connectivity index (χ0) is 17.9. The lowest BCUT2D eigenvalue weighted by Gasteiger charge is -2.27. The number of rotatable bonds is 6. The number of methoxy groups -OCH3 is 1. The van der Waals surface area contributed by atoms with Crippen molar-refractivity contribution in [1.82, 2.24) is 20.2 Å². The monoisotopic (exact) mass is 335 g/mol. The molecule has 0 saturated carbocycles. The molecule has 8 heteroatoms. The first-order valence-corrected chi connectivity index (χ1v) is 7.76. The molecule has 7 nitrogen and oxygen atoms in total. The van der Waals surface area contributed by atoms with Gasteiger partial charge in [0.05, 0.1) is 7.11 Å². The summed E-state index contributed by atoms with van der Waals surface area (Å²) in [7, 11) is 1.40. The highest BCUT2D eigenvalue weighted by atomic mass is 19.1. The second kappa shape index (κ2) is 7.37. The fourth-order valence-electron chi connectivity index (χ4n) is 2.48. The summed E-state index contributed by atoms with van der Waals surface area (Å²) in [6, 6.07) is 4.30. The van der Waals surface area contributed by atoms with Crippen LogP contribution in [0.2, 0.25) is 0 Å². The number of amides is 1. The third-order valence-corrected chi connectivity index (χ3v) is 3.56. The van der Waals surface area contributed by atoms with E-state index in [1.54, 1.807) is 6.07 Å². The third kappa shape index (κ3) is 3.69. The molecule has 0 aliphatic carbocycles. The minimum absolute atomic E-state index is 0.00760. The number of hydrogen-bond acceptors (Lipinski definition) is 5. The number of hydrogen-bond donors (Lipinski definition) is 0. The van der Waals surface area contributed by atoms with E-state index in [9.17, 15) is 9.18 Å². The number of carbonyl (C=O) groups excluding carboxylic acids is 1. The molecule has 0 atom stereocenters. The molecule has 0 saturated heterocycles. The predicted octanol–water partition coefficient (Wildman–Crippen LogP) is 2.39. The van der Waals surface area contributed by atoms with Crippen LogP contribution in [0.1, 0.15) is 39.4 Å². The molecule has 0 bridgehead atoms. The zero-order valence-electron chi connectivity index (χ0n) is 14.5. The average Bonchev–Trinajstić information content (AvgIpc) is 2.95. The van der Waals surface area contributed by atoms with Gasteiger partial charge in [-0.2, -0.15) is 0 Å². The van der Waals surface area contributed by atoms with Gasteiger partial charge in [-0.3, -0.25) is 4.79 Å². The highest BCUT2D eigenvalue weighted by Gasteiger charge is 2.23. The molecule has 0 fully saturated rings. The van der Waals surface area contributed by atoms with Crippen LogP contribution in [0.5, 0.6) is 5.75 Å². The van der Waals surface area contributed by atoms with E-state index in [4.69, 9.17) is 4.74 Å². The fourth-order valence-corrected chi connectivity index (χ4v) is 2.48. The van der Waals surface area contributed by atoms with Crippen LogP contribution in [0.15, 0.2) is 18.2 Å². The van der Waals surface area contributed by atoms with Crippen LogP contribution in [0.4, 0.5) is 10.1 Å². The maximum absolute atomic E-state index is 14.0. The van der Waals surface area contributed by atoms with Gasteiger partial charge in [0, 0.05) is 23.7 Å². The van der Waals surface area contributed by atoms with Crippen molar-refractivity contribution < 1.29 is 13.9 Å². The summed E-state index contributed by atoms with van der Waals surface area (Å²) in [6.07, 6.45) is 0. The Hall–Kier alpha value is -2.51. The molecule has 0 N–H and O–H groups in total. The topological polar surface area (TPSA) is 73.1 Å². The Kier molecular flexibility index (Phi) is 5.48. The highest BCUT2D eigenvalue weighted by molar-refractivity contribution is 5.93.